The Labute approximate surface area is 80.3 Å². The van der Waals surface area contributed by atoms with Crippen LogP contribution in [0.25, 0.3) is 0 Å². The molecule has 2 fully saturated rings. The van der Waals surface area contributed by atoms with Crippen molar-refractivity contribution in [2.45, 2.75) is 6.42 Å². The Bertz CT molecular complexity index is 421. The maximum Gasteiger partial charge on any atom is 0.332 e. The summed E-state index contributed by atoms with van der Waals surface area (Å²) >= 11 is 0. The van der Waals surface area contributed by atoms with E-state index in [1.165, 1.54) is 12.2 Å². The normalized spacial score (nSPS) is 37.7. The lowest BCUT2D eigenvalue weighted by molar-refractivity contribution is -0.133. The largest absolute Gasteiger partial charge is 0.478 e. The summed E-state index contributed by atoms with van der Waals surface area (Å²) in [4.78, 5) is 22.2. The molecule has 2 unspecified atom stereocenters. The van der Waals surface area contributed by atoms with Gasteiger partial charge in [0.25, 0.3) is 0 Å². The molecule has 4 nitrogen and oxygen atoms in total. The summed E-state index contributed by atoms with van der Waals surface area (Å²) in [5.41, 5.74) is 0.752. The molecule has 72 valence electrons. The molecule has 14 heavy (non-hydrogen) atoms. The molecule has 2 aliphatic carbocycles. The van der Waals surface area contributed by atoms with Crippen LogP contribution in [-0.2, 0) is 9.59 Å². The molecule has 1 saturated carbocycles. The molecule has 4 heteroatoms. The average Bonchev–Trinajstić information content (AvgIpc) is 2.74. The van der Waals surface area contributed by atoms with E-state index in [0.29, 0.717) is 5.92 Å². The van der Waals surface area contributed by atoms with Gasteiger partial charge < -0.3 is 10.4 Å². The number of aliphatic carboxylic acids is 1. The van der Waals surface area contributed by atoms with Gasteiger partial charge >= 0.3 is 5.97 Å². The summed E-state index contributed by atoms with van der Waals surface area (Å²) in [5, 5.41) is 12.1. The number of hydrogen-bond acceptors (Lipinski definition) is 3. The first kappa shape index (κ1) is 7.79. The maximum atomic E-state index is 11.2. The fraction of sp³-hybridized carbons (Fsp3) is 0.400. The Balaban J connectivity index is 2.14. The summed E-state index contributed by atoms with van der Waals surface area (Å²) in [6.07, 6.45) is 3.66. The van der Waals surface area contributed by atoms with Gasteiger partial charge in [0.2, 0.25) is 0 Å². The minimum atomic E-state index is -0.963. The number of ketones is 1. The molecule has 1 heterocycles. The van der Waals surface area contributed by atoms with Crippen LogP contribution in [0.4, 0.5) is 0 Å². The second-order valence-electron chi connectivity index (χ2n) is 4.08. The monoisotopic (exact) mass is 191 g/mol. The highest BCUT2D eigenvalue weighted by Gasteiger charge is 2.65. The minimum absolute atomic E-state index is 0.219. The van der Waals surface area contributed by atoms with E-state index >= 15 is 0 Å². The van der Waals surface area contributed by atoms with E-state index in [1.807, 2.05) is 0 Å². The number of hydrogen-bond donors (Lipinski definition) is 2. The van der Waals surface area contributed by atoms with E-state index in [1.54, 1.807) is 0 Å². The highest BCUT2D eigenvalue weighted by molar-refractivity contribution is 6.08. The number of carbonyl (C=O) groups excluding carboxylic acids is 1. The van der Waals surface area contributed by atoms with Crippen molar-refractivity contribution in [2.24, 2.45) is 11.3 Å². The molecule has 1 spiro atoms. The zero-order chi connectivity index (χ0) is 9.92. The number of piperidine rings is 1. The van der Waals surface area contributed by atoms with Gasteiger partial charge in [-0.2, -0.15) is 0 Å². The van der Waals surface area contributed by atoms with Gasteiger partial charge in [0.05, 0.1) is 5.57 Å². The molecule has 0 aromatic heterocycles. The fourth-order valence-corrected chi connectivity index (χ4v) is 2.66. The molecule has 2 N–H and O–H groups in total. The molecule has 1 saturated heterocycles. The highest BCUT2D eigenvalue weighted by Crippen LogP contribution is 2.65. The van der Waals surface area contributed by atoms with Crippen molar-refractivity contribution in [1.29, 1.82) is 0 Å². The molecule has 0 aromatic carbocycles. The van der Waals surface area contributed by atoms with Crippen molar-refractivity contribution < 1.29 is 14.7 Å². The minimum Gasteiger partial charge on any atom is -0.478 e. The van der Waals surface area contributed by atoms with Gasteiger partial charge in [-0.25, -0.2) is 4.79 Å². The van der Waals surface area contributed by atoms with Gasteiger partial charge in [-0.1, -0.05) is 0 Å². The lowest BCUT2D eigenvalue weighted by Crippen LogP contribution is -2.24. The van der Waals surface area contributed by atoms with Crippen LogP contribution in [0.3, 0.4) is 0 Å². The molecule has 3 aliphatic rings. The zero-order valence-corrected chi connectivity index (χ0v) is 7.41. The van der Waals surface area contributed by atoms with E-state index < -0.39 is 5.97 Å². The maximum absolute atomic E-state index is 11.2. The highest BCUT2D eigenvalue weighted by atomic mass is 16.4. The number of allylic oxidation sites excluding steroid dienone is 3. The third kappa shape index (κ3) is 0.697. The number of carboxylic acid groups (broad SMARTS) is 1. The Hall–Kier alpha value is -1.58. The van der Waals surface area contributed by atoms with Crippen LogP contribution in [0.1, 0.15) is 6.42 Å². The van der Waals surface area contributed by atoms with Crippen LogP contribution in [-0.4, -0.2) is 23.4 Å². The third-order valence-corrected chi connectivity index (χ3v) is 3.41. The van der Waals surface area contributed by atoms with Crippen molar-refractivity contribution in [1.82, 2.24) is 5.32 Å². The fourth-order valence-electron chi connectivity index (χ4n) is 2.66. The first-order chi connectivity index (χ1) is 6.64. The predicted molar refractivity (Wildman–Crippen MR) is 47.4 cm³/mol. The van der Waals surface area contributed by atoms with Gasteiger partial charge in [-0.15, -0.1) is 0 Å². The smallest absolute Gasteiger partial charge is 0.332 e. The van der Waals surface area contributed by atoms with Crippen molar-refractivity contribution in [3.63, 3.8) is 0 Å². The van der Waals surface area contributed by atoms with Gasteiger partial charge in [0.1, 0.15) is 0 Å². The number of carboxylic acids is 1. The van der Waals surface area contributed by atoms with Crippen LogP contribution >= 0.6 is 0 Å². The molecule has 0 bridgehead atoms. The molecular formula is C10H9NO3. The number of carbonyl (C=O) groups is 2. The number of rotatable bonds is 1. The molecular weight excluding hydrogens is 182 g/mol. The first-order valence-electron chi connectivity index (χ1n) is 4.60. The van der Waals surface area contributed by atoms with Crippen LogP contribution in [0.15, 0.2) is 23.4 Å². The summed E-state index contributed by atoms with van der Waals surface area (Å²) in [6, 6.07) is 0. The van der Waals surface area contributed by atoms with E-state index in [9.17, 15) is 9.59 Å². The Morgan fingerprint density at radius 1 is 1.57 bits per heavy atom. The quantitative estimate of drug-likeness (QED) is 0.615. The summed E-state index contributed by atoms with van der Waals surface area (Å²) in [7, 11) is 0. The zero-order valence-electron chi connectivity index (χ0n) is 7.41. The third-order valence-electron chi connectivity index (χ3n) is 3.41. The van der Waals surface area contributed by atoms with Crippen molar-refractivity contribution >= 4 is 11.8 Å². The van der Waals surface area contributed by atoms with E-state index in [4.69, 9.17) is 5.11 Å². The first-order valence-corrected chi connectivity index (χ1v) is 4.60. The van der Waals surface area contributed by atoms with Crippen LogP contribution < -0.4 is 5.32 Å². The van der Waals surface area contributed by atoms with Gasteiger partial charge in [-0.05, 0) is 18.4 Å². The van der Waals surface area contributed by atoms with Crippen molar-refractivity contribution in [2.75, 3.05) is 6.54 Å². The van der Waals surface area contributed by atoms with Crippen molar-refractivity contribution in [3.8, 4) is 0 Å². The SMILES string of the molecule is O=C1C=C2NCC3CC23C(C(=O)O)=C1. The van der Waals surface area contributed by atoms with Crippen molar-refractivity contribution in [3.05, 3.63) is 23.4 Å². The van der Waals surface area contributed by atoms with Crippen LogP contribution in [0, 0.1) is 11.3 Å². The summed E-state index contributed by atoms with van der Waals surface area (Å²) < 4.78 is 0. The predicted octanol–water partition coefficient (Wildman–Crippen LogP) is 0.0735. The second-order valence-corrected chi connectivity index (χ2v) is 4.08. The molecule has 2 atom stereocenters. The summed E-state index contributed by atoms with van der Waals surface area (Å²) in [6.45, 7) is 0.795. The molecule has 0 aromatic rings. The standard InChI is InChI=1S/C10H9NO3/c12-6-1-7(9(13)14)10-3-5(10)4-11-8(10)2-6/h1-2,5,11H,3-4H2,(H,13,14). The lowest BCUT2D eigenvalue weighted by atomic mass is 9.86. The molecule has 3 rings (SSSR count). The Kier molecular flexibility index (Phi) is 1.16. The molecule has 0 amide bonds. The van der Waals surface area contributed by atoms with Gasteiger partial charge in [0.15, 0.2) is 5.78 Å². The topological polar surface area (TPSA) is 66.4 Å². The van der Waals surface area contributed by atoms with Gasteiger partial charge in [0, 0.05) is 23.7 Å². The Morgan fingerprint density at radius 3 is 3.00 bits per heavy atom. The van der Waals surface area contributed by atoms with Crippen LogP contribution in [0.2, 0.25) is 0 Å². The van der Waals surface area contributed by atoms with Crippen LogP contribution in [0.5, 0.6) is 0 Å². The molecule has 1 aliphatic heterocycles. The number of nitrogens with one attached hydrogen (secondary N) is 1. The average molecular weight is 191 g/mol. The van der Waals surface area contributed by atoms with E-state index in [0.717, 1.165) is 18.7 Å². The Morgan fingerprint density at radius 2 is 2.36 bits per heavy atom. The van der Waals surface area contributed by atoms with Gasteiger partial charge in [-0.3, -0.25) is 4.79 Å². The van der Waals surface area contributed by atoms with E-state index in [-0.39, 0.29) is 16.8 Å². The molecule has 0 radical (unpaired) electrons. The summed E-state index contributed by atoms with van der Waals surface area (Å²) in [5.74, 6) is -0.803. The van der Waals surface area contributed by atoms with E-state index in [2.05, 4.69) is 5.32 Å². The lowest BCUT2D eigenvalue weighted by Gasteiger charge is -2.19. The second kappa shape index (κ2) is 2.08.